The van der Waals surface area contributed by atoms with Crippen molar-refractivity contribution >= 4 is 33.3 Å². The first-order valence-electron chi connectivity index (χ1n) is 6.54. The molecule has 2 aromatic rings. The number of carbonyl (C=O) groups is 1. The Morgan fingerprint density at radius 1 is 1.50 bits per heavy atom. The summed E-state index contributed by atoms with van der Waals surface area (Å²) in [4.78, 5) is 17.8. The number of rotatable bonds is 4. The lowest BCUT2D eigenvalue weighted by Gasteiger charge is -2.16. The van der Waals surface area contributed by atoms with Gasteiger partial charge in [-0.15, -0.1) is 11.3 Å². The highest BCUT2D eigenvalue weighted by atomic mass is 32.1. The van der Waals surface area contributed by atoms with Crippen LogP contribution in [-0.4, -0.2) is 41.2 Å². The van der Waals surface area contributed by atoms with Crippen molar-refractivity contribution in [2.75, 3.05) is 25.5 Å². The van der Waals surface area contributed by atoms with Gasteiger partial charge >= 0.3 is 6.03 Å². The molecule has 20 heavy (non-hydrogen) atoms. The van der Waals surface area contributed by atoms with Gasteiger partial charge in [0.2, 0.25) is 0 Å². The Hall–Kier alpha value is -1.66. The molecule has 1 aromatic carbocycles. The summed E-state index contributed by atoms with van der Waals surface area (Å²) in [5, 5.41) is 12.7. The van der Waals surface area contributed by atoms with Crippen molar-refractivity contribution in [2.24, 2.45) is 0 Å². The number of fused-ring (bicyclic) bond motifs is 1. The molecule has 6 heteroatoms. The molecule has 2 N–H and O–H groups in total. The summed E-state index contributed by atoms with van der Waals surface area (Å²) in [6.07, 6.45) is 0. The van der Waals surface area contributed by atoms with Gasteiger partial charge in [-0.05, 0) is 18.2 Å². The quantitative estimate of drug-likeness (QED) is 0.911. The number of aliphatic hydroxyl groups excluding tert-OH is 1. The summed E-state index contributed by atoms with van der Waals surface area (Å²) in [6, 6.07) is 5.46. The minimum absolute atomic E-state index is 0.0461. The number of urea groups is 1. The minimum Gasteiger partial charge on any atom is -0.395 e. The van der Waals surface area contributed by atoms with Gasteiger partial charge in [-0.25, -0.2) is 9.78 Å². The first kappa shape index (κ1) is 14.7. The van der Waals surface area contributed by atoms with Gasteiger partial charge in [0.05, 0.1) is 21.8 Å². The van der Waals surface area contributed by atoms with E-state index in [0.29, 0.717) is 12.5 Å². The molecule has 0 aliphatic rings. The van der Waals surface area contributed by atoms with Crippen LogP contribution in [-0.2, 0) is 0 Å². The van der Waals surface area contributed by atoms with E-state index < -0.39 is 0 Å². The fourth-order valence-electron chi connectivity index (χ4n) is 1.74. The molecule has 0 spiro atoms. The van der Waals surface area contributed by atoms with Crippen molar-refractivity contribution < 1.29 is 9.90 Å². The lowest BCUT2D eigenvalue weighted by atomic mass is 10.2. The van der Waals surface area contributed by atoms with Crippen molar-refractivity contribution in [3.63, 3.8) is 0 Å². The van der Waals surface area contributed by atoms with Gasteiger partial charge in [-0.1, -0.05) is 13.8 Å². The molecule has 0 unspecified atom stereocenters. The second-order valence-corrected chi connectivity index (χ2v) is 6.03. The van der Waals surface area contributed by atoms with Gasteiger partial charge in [-0.2, -0.15) is 0 Å². The lowest BCUT2D eigenvalue weighted by Crippen LogP contribution is -2.33. The maximum atomic E-state index is 11.8. The standard InChI is InChI=1S/C14H19N3O2S/c1-9(2)13-16-11-5-4-10(8-12(11)20-13)15-14(19)17(3)6-7-18/h4-5,8-9,18H,6-7H2,1-3H3,(H,15,19). The molecule has 1 heterocycles. The zero-order valence-corrected chi connectivity index (χ0v) is 12.7. The number of amides is 2. The Balaban J connectivity index is 2.17. The predicted molar refractivity (Wildman–Crippen MR) is 82.4 cm³/mol. The highest BCUT2D eigenvalue weighted by Crippen LogP contribution is 2.29. The van der Waals surface area contributed by atoms with E-state index in [0.717, 1.165) is 20.9 Å². The van der Waals surface area contributed by atoms with Crippen molar-refractivity contribution in [1.29, 1.82) is 0 Å². The summed E-state index contributed by atoms with van der Waals surface area (Å²) in [7, 11) is 1.65. The van der Waals surface area contributed by atoms with Gasteiger partial charge in [0.1, 0.15) is 0 Å². The van der Waals surface area contributed by atoms with Crippen LogP contribution < -0.4 is 5.32 Å². The number of likely N-dealkylation sites (N-methyl/N-ethyl adjacent to an activating group) is 1. The van der Waals surface area contributed by atoms with Gasteiger partial charge < -0.3 is 15.3 Å². The van der Waals surface area contributed by atoms with E-state index in [1.807, 2.05) is 18.2 Å². The summed E-state index contributed by atoms with van der Waals surface area (Å²) in [6.45, 7) is 4.50. The van der Waals surface area contributed by atoms with Crippen LogP contribution in [0.4, 0.5) is 10.5 Å². The zero-order chi connectivity index (χ0) is 14.7. The number of hydrogen-bond donors (Lipinski definition) is 2. The van der Waals surface area contributed by atoms with Crippen LogP contribution in [0.15, 0.2) is 18.2 Å². The molecule has 0 bridgehead atoms. The van der Waals surface area contributed by atoms with Crippen LogP contribution in [0.25, 0.3) is 10.2 Å². The summed E-state index contributed by atoms with van der Waals surface area (Å²) in [5.41, 5.74) is 1.70. The van der Waals surface area contributed by atoms with Crippen LogP contribution in [0, 0.1) is 0 Å². The number of nitrogens with zero attached hydrogens (tertiary/aromatic N) is 2. The average molecular weight is 293 g/mol. The fraction of sp³-hybridized carbons (Fsp3) is 0.429. The normalized spacial score (nSPS) is 11.1. The van der Waals surface area contributed by atoms with E-state index in [-0.39, 0.29) is 12.6 Å². The molecule has 1 aromatic heterocycles. The van der Waals surface area contributed by atoms with E-state index in [2.05, 4.69) is 24.1 Å². The van der Waals surface area contributed by atoms with E-state index >= 15 is 0 Å². The molecule has 108 valence electrons. The number of thiazole rings is 1. The maximum absolute atomic E-state index is 11.8. The molecule has 2 amide bonds. The lowest BCUT2D eigenvalue weighted by molar-refractivity contribution is 0.202. The monoisotopic (exact) mass is 293 g/mol. The maximum Gasteiger partial charge on any atom is 0.321 e. The summed E-state index contributed by atoms with van der Waals surface area (Å²) >= 11 is 1.65. The van der Waals surface area contributed by atoms with Crippen LogP contribution in [0.2, 0.25) is 0 Å². The van der Waals surface area contributed by atoms with Gasteiger partial charge in [0.15, 0.2) is 0 Å². The Kier molecular flexibility index (Phi) is 4.57. The van der Waals surface area contributed by atoms with Crippen LogP contribution in [0.3, 0.4) is 0 Å². The number of anilines is 1. The molecule has 0 radical (unpaired) electrons. The van der Waals surface area contributed by atoms with Crippen molar-refractivity contribution in [3.8, 4) is 0 Å². The first-order valence-corrected chi connectivity index (χ1v) is 7.36. The predicted octanol–water partition coefficient (Wildman–Crippen LogP) is 2.88. The highest BCUT2D eigenvalue weighted by Gasteiger charge is 2.11. The van der Waals surface area contributed by atoms with Crippen LogP contribution >= 0.6 is 11.3 Å². The third-order valence-corrected chi connectivity index (χ3v) is 4.25. The number of aromatic nitrogens is 1. The van der Waals surface area contributed by atoms with Gasteiger partial charge in [0, 0.05) is 25.2 Å². The molecule has 0 aliphatic heterocycles. The summed E-state index contributed by atoms with van der Waals surface area (Å²) < 4.78 is 1.07. The molecule has 0 saturated carbocycles. The van der Waals surface area contributed by atoms with E-state index in [1.54, 1.807) is 18.4 Å². The van der Waals surface area contributed by atoms with E-state index in [4.69, 9.17) is 5.11 Å². The fourth-order valence-corrected chi connectivity index (χ4v) is 2.75. The number of hydrogen-bond acceptors (Lipinski definition) is 4. The number of nitrogens with one attached hydrogen (secondary N) is 1. The second kappa shape index (κ2) is 6.19. The molecule has 0 saturated heterocycles. The highest BCUT2D eigenvalue weighted by molar-refractivity contribution is 7.18. The topological polar surface area (TPSA) is 65.5 Å². The van der Waals surface area contributed by atoms with Gasteiger partial charge in [0.25, 0.3) is 0 Å². The average Bonchev–Trinajstić information content (AvgIpc) is 2.82. The molecular formula is C14H19N3O2S. The third kappa shape index (κ3) is 3.26. The molecule has 0 aliphatic carbocycles. The molecule has 5 nitrogen and oxygen atoms in total. The third-order valence-electron chi connectivity index (χ3n) is 2.93. The van der Waals surface area contributed by atoms with Gasteiger partial charge in [-0.3, -0.25) is 0 Å². The molecule has 0 atom stereocenters. The van der Waals surface area contributed by atoms with Crippen molar-refractivity contribution in [1.82, 2.24) is 9.88 Å². The zero-order valence-electron chi connectivity index (χ0n) is 11.9. The molecular weight excluding hydrogens is 274 g/mol. The Morgan fingerprint density at radius 3 is 2.90 bits per heavy atom. The Morgan fingerprint density at radius 2 is 2.25 bits per heavy atom. The second-order valence-electron chi connectivity index (χ2n) is 4.96. The number of benzene rings is 1. The molecule has 0 fully saturated rings. The van der Waals surface area contributed by atoms with Crippen molar-refractivity contribution in [2.45, 2.75) is 19.8 Å². The summed E-state index contributed by atoms with van der Waals surface area (Å²) in [5.74, 6) is 0.404. The number of carbonyl (C=O) groups excluding carboxylic acids is 1. The van der Waals surface area contributed by atoms with E-state index in [1.165, 1.54) is 4.90 Å². The van der Waals surface area contributed by atoms with Crippen molar-refractivity contribution in [3.05, 3.63) is 23.2 Å². The smallest absolute Gasteiger partial charge is 0.321 e. The molecule has 2 rings (SSSR count). The van der Waals surface area contributed by atoms with Crippen LogP contribution in [0.5, 0.6) is 0 Å². The van der Waals surface area contributed by atoms with Crippen LogP contribution in [0.1, 0.15) is 24.8 Å². The number of aliphatic hydroxyl groups is 1. The SMILES string of the molecule is CC(C)c1nc2ccc(NC(=O)N(C)CCO)cc2s1. The largest absolute Gasteiger partial charge is 0.395 e. The van der Waals surface area contributed by atoms with E-state index in [9.17, 15) is 4.79 Å². The Bertz CT molecular complexity index is 609. The minimum atomic E-state index is -0.230. The first-order chi connectivity index (χ1) is 9.51. The Labute approximate surface area is 122 Å².